The van der Waals surface area contributed by atoms with Crippen molar-refractivity contribution in [1.82, 2.24) is 9.47 Å². The summed E-state index contributed by atoms with van der Waals surface area (Å²) in [5, 5.41) is 10.8. The monoisotopic (exact) mass is 384 g/mol. The number of fused-ring (bicyclic) bond motifs is 1. The second-order valence-electron chi connectivity index (χ2n) is 7.13. The van der Waals surface area contributed by atoms with E-state index < -0.39 is 25.6 Å². The smallest absolute Gasteiger partial charge is 0.163 e. The molecule has 0 bridgehead atoms. The van der Waals surface area contributed by atoms with Gasteiger partial charge in [0.05, 0.1) is 29.9 Å². The van der Waals surface area contributed by atoms with Crippen LogP contribution in [-0.2, 0) is 0 Å². The number of halogens is 2. The van der Waals surface area contributed by atoms with Crippen molar-refractivity contribution in [1.29, 1.82) is 5.26 Å². The normalized spacial score (nSPS) is 19.2. The molecule has 2 aliphatic rings. The standard InChI is InChI=1S/C21H22F2N4O/c1-28-16-6-7-19-17(10-16)18(13-24)20(27(19)14-4-2-5-14)21-25-8-3-9-26(21)15(11-22)12-23/h3,6-10,14-15,21H,2,4-5,11-12H2,1H3. The molecule has 1 unspecified atom stereocenters. The number of ether oxygens (including phenoxy) is 1. The van der Waals surface area contributed by atoms with Crippen molar-refractivity contribution < 1.29 is 13.5 Å². The van der Waals surface area contributed by atoms with E-state index in [0.717, 1.165) is 30.2 Å². The number of nitrogens with zero attached hydrogens (tertiary/aromatic N) is 4. The maximum Gasteiger partial charge on any atom is 0.163 e. The first-order valence-electron chi connectivity index (χ1n) is 9.44. The molecule has 1 aliphatic heterocycles. The number of nitriles is 1. The van der Waals surface area contributed by atoms with Crippen molar-refractivity contribution in [2.24, 2.45) is 4.99 Å². The molecule has 0 radical (unpaired) electrons. The molecule has 28 heavy (non-hydrogen) atoms. The van der Waals surface area contributed by atoms with Crippen molar-refractivity contribution in [3.05, 3.63) is 41.7 Å². The van der Waals surface area contributed by atoms with E-state index in [9.17, 15) is 14.0 Å². The summed E-state index contributed by atoms with van der Waals surface area (Å²) in [6.07, 6.45) is 7.45. The number of hydrogen-bond donors (Lipinski definition) is 0. The van der Waals surface area contributed by atoms with E-state index in [1.54, 1.807) is 30.5 Å². The molecule has 2 heterocycles. The molecule has 4 rings (SSSR count). The molecule has 1 aromatic heterocycles. The maximum atomic E-state index is 13.5. The second kappa shape index (κ2) is 7.63. The molecule has 1 atom stereocenters. The summed E-state index contributed by atoms with van der Waals surface area (Å²) >= 11 is 0. The minimum absolute atomic E-state index is 0.255. The molecular formula is C21H22F2N4O. The van der Waals surface area contributed by atoms with Gasteiger partial charge in [-0.1, -0.05) is 0 Å². The average molecular weight is 384 g/mol. The third-order valence-electron chi connectivity index (χ3n) is 5.68. The molecule has 1 saturated carbocycles. The van der Waals surface area contributed by atoms with E-state index in [1.165, 1.54) is 0 Å². The Morgan fingerprint density at radius 2 is 2.11 bits per heavy atom. The predicted molar refractivity (Wildman–Crippen MR) is 104 cm³/mol. The van der Waals surface area contributed by atoms with Crippen LogP contribution in [0.15, 0.2) is 35.5 Å². The summed E-state index contributed by atoms with van der Waals surface area (Å²) < 4.78 is 34.5. The van der Waals surface area contributed by atoms with Gasteiger partial charge in [-0.05, 0) is 43.5 Å². The zero-order chi connectivity index (χ0) is 19.7. The van der Waals surface area contributed by atoms with Crippen LogP contribution in [0, 0.1) is 11.3 Å². The number of benzene rings is 1. The van der Waals surface area contributed by atoms with Gasteiger partial charge in [-0.2, -0.15) is 5.26 Å². The van der Waals surface area contributed by atoms with E-state index in [2.05, 4.69) is 15.6 Å². The van der Waals surface area contributed by atoms with Crippen LogP contribution in [0.2, 0.25) is 0 Å². The Morgan fingerprint density at radius 3 is 2.71 bits per heavy atom. The number of aliphatic imine (C=N–C) groups is 1. The number of aromatic nitrogens is 1. The highest BCUT2D eigenvalue weighted by atomic mass is 19.1. The largest absolute Gasteiger partial charge is 0.497 e. The third-order valence-corrected chi connectivity index (χ3v) is 5.68. The molecule has 1 aliphatic carbocycles. The summed E-state index contributed by atoms with van der Waals surface area (Å²) in [6, 6.07) is 7.30. The molecule has 0 spiro atoms. The van der Waals surface area contributed by atoms with E-state index in [4.69, 9.17) is 4.74 Å². The first-order valence-corrected chi connectivity index (χ1v) is 9.44. The highest BCUT2D eigenvalue weighted by molar-refractivity contribution is 5.90. The molecule has 1 fully saturated rings. The Bertz CT molecular complexity index is 967. The lowest BCUT2D eigenvalue weighted by molar-refractivity contribution is 0.140. The van der Waals surface area contributed by atoms with E-state index in [0.29, 0.717) is 17.0 Å². The summed E-state index contributed by atoms with van der Waals surface area (Å²) in [4.78, 5) is 6.11. The van der Waals surface area contributed by atoms with Gasteiger partial charge in [0.2, 0.25) is 0 Å². The van der Waals surface area contributed by atoms with E-state index >= 15 is 0 Å². The predicted octanol–water partition coefficient (Wildman–Crippen LogP) is 4.45. The quantitative estimate of drug-likeness (QED) is 0.739. The van der Waals surface area contributed by atoms with Crippen LogP contribution in [0.4, 0.5) is 8.78 Å². The molecular weight excluding hydrogens is 362 g/mol. The molecule has 5 nitrogen and oxygen atoms in total. The summed E-state index contributed by atoms with van der Waals surface area (Å²) in [7, 11) is 1.59. The lowest BCUT2D eigenvalue weighted by Crippen LogP contribution is -2.39. The van der Waals surface area contributed by atoms with Gasteiger partial charge in [-0.25, -0.2) is 8.78 Å². The minimum Gasteiger partial charge on any atom is -0.497 e. The Morgan fingerprint density at radius 1 is 1.32 bits per heavy atom. The highest BCUT2D eigenvalue weighted by Gasteiger charge is 2.35. The number of allylic oxidation sites excluding steroid dienone is 1. The zero-order valence-corrected chi connectivity index (χ0v) is 15.7. The molecule has 2 aromatic rings. The molecule has 0 saturated heterocycles. The Labute approximate surface area is 162 Å². The molecule has 0 N–H and O–H groups in total. The van der Waals surface area contributed by atoms with Gasteiger partial charge < -0.3 is 14.2 Å². The zero-order valence-electron chi connectivity index (χ0n) is 15.7. The van der Waals surface area contributed by atoms with Crippen molar-refractivity contribution in [3.63, 3.8) is 0 Å². The number of alkyl halides is 2. The van der Waals surface area contributed by atoms with Crippen LogP contribution >= 0.6 is 0 Å². The van der Waals surface area contributed by atoms with Crippen molar-refractivity contribution in [2.45, 2.75) is 37.5 Å². The topological polar surface area (TPSA) is 53.5 Å². The Kier molecular flexibility index (Phi) is 5.03. The van der Waals surface area contributed by atoms with Gasteiger partial charge in [0, 0.05) is 23.8 Å². The summed E-state index contributed by atoms with van der Waals surface area (Å²) in [6.45, 7) is -1.65. The molecule has 0 amide bonds. The lowest BCUT2D eigenvalue weighted by atomic mass is 9.92. The van der Waals surface area contributed by atoms with Gasteiger partial charge in [0.1, 0.15) is 25.2 Å². The van der Waals surface area contributed by atoms with Crippen molar-refractivity contribution in [2.75, 3.05) is 20.5 Å². The summed E-state index contributed by atoms with van der Waals surface area (Å²) in [5.41, 5.74) is 2.11. The number of methoxy groups -OCH3 is 1. The Hall–Kier alpha value is -2.88. The van der Waals surface area contributed by atoms with Crippen LogP contribution in [0.5, 0.6) is 5.75 Å². The average Bonchev–Trinajstić information content (AvgIpc) is 3.01. The van der Waals surface area contributed by atoms with Gasteiger partial charge in [-0.3, -0.25) is 4.99 Å². The SMILES string of the molecule is COc1ccc2c(c1)c(C#N)c(C1N=CC=CN1C(CF)CF)n2C1CCC1. The van der Waals surface area contributed by atoms with Crippen LogP contribution in [-0.4, -0.2) is 42.2 Å². The van der Waals surface area contributed by atoms with Gasteiger partial charge >= 0.3 is 0 Å². The fourth-order valence-electron chi connectivity index (χ4n) is 4.01. The van der Waals surface area contributed by atoms with Gasteiger partial charge in [-0.15, -0.1) is 0 Å². The highest BCUT2D eigenvalue weighted by Crippen LogP contribution is 2.43. The fraction of sp³-hybridized carbons (Fsp3) is 0.429. The second-order valence-corrected chi connectivity index (χ2v) is 7.13. The van der Waals surface area contributed by atoms with Gasteiger partial charge in [0.15, 0.2) is 6.17 Å². The number of hydrogen-bond acceptors (Lipinski definition) is 4. The van der Waals surface area contributed by atoms with Crippen LogP contribution < -0.4 is 4.74 Å². The molecule has 146 valence electrons. The van der Waals surface area contributed by atoms with Crippen molar-refractivity contribution in [3.8, 4) is 11.8 Å². The van der Waals surface area contributed by atoms with Crippen LogP contribution in [0.1, 0.15) is 42.7 Å². The van der Waals surface area contributed by atoms with E-state index in [1.807, 2.05) is 18.2 Å². The fourth-order valence-corrected chi connectivity index (χ4v) is 4.01. The Balaban J connectivity index is 1.95. The maximum absolute atomic E-state index is 13.5. The number of rotatable bonds is 6. The lowest BCUT2D eigenvalue weighted by Gasteiger charge is -2.37. The summed E-state index contributed by atoms with van der Waals surface area (Å²) in [5.74, 6) is 0.663. The van der Waals surface area contributed by atoms with Crippen LogP contribution in [0.3, 0.4) is 0 Å². The minimum atomic E-state index is -0.937. The molecule has 7 heteroatoms. The van der Waals surface area contributed by atoms with Gasteiger partial charge in [0.25, 0.3) is 0 Å². The third kappa shape index (κ3) is 2.84. The van der Waals surface area contributed by atoms with Crippen LogP contribution in [0.25, 0.3) is 10.9 Å². The first kappa shape index (κ1) is 18.5. The van der Waals surface area contributed by atoms with E-state index in [-0.39, 0.29) is 6.04 Å². The first-order chi connectivity index (χ1) is 13.7. The van der Waals surface area contributed by atoms with Crippen molar-refractivity contribution >= 4 is 17.1 Å². The molecule has 1 aromatic carbocycles.